The second-order valence-electron chi connectivity index (χ2n) is 4.28. The fraction of sp³-hybridized carbons (Fsp3) is 0.667. The molecule has 0 unspecified atom stereocenters. The van der Waals surface area contributed by atoms with Crippen LogP contribution in [-0.4, -0.2) is 15.7 Å². The number of aromatic nitrogens is 2. The second-order valence-corrected chi connectivity index (χ2v) is 5.72. The Kier molecular flexibility index (Phi) is 4.09. The molecule has 1 heterocycles. The first-order valence-electron chi connectivity index (χ1n) is 5.89. The molecule has 16 heavy (non-hydrogen) atoms. The topological polar surface area (TPSA) is 25.8 Å². The van der Waals surface area contributed by atoms with Gasteiger partial charge in [0.2, 0.25) is 0 Å². The lowest BCUT2D eigenvalue weighted by molar-refractivity contribution is 0.856. The summed E-state index contributed by atoms with van der Waals surface area (Å²) in [6, 6.07) is 0. The molecular formula is C12H17ClN2S. The maximum absolute atomic E-state index is 6.14. The first kappa shape index (κ1) is 12.2. The largest absolute Gasteiger partial charge is 0.226 e. The van der Waals surface area contributed by atoms with Gasteiger partial charge in [-0.25, -0.2) is 9.97 Å². The number of hydrogen-bond acceptors (Lipinski definition) is 3. The summed E-state index contributed by atoms with van der Waals surface area (Å²) in [7, 11) is 0. The van der Waals surface area contributed by atoms with Crippen molar-refractivity contribution in [3.8, 4) is 0 Å². The zero-order chi connectivity index (χ0) is 11.5. The molecule has 1 aliphatic carbocycles. The molecule has 0 spiro atoms. The summed E-state index contributed by atoms with van der Waals surface area (Å²) in [6.45, 7) is 4.21. The fourth-order valence-electron chi connectivity index (χ4n) is 1.46. The van der Waals surface area contributed by atoms with Gasteiger partial charge < -0.3 is 0 Å². The van der Waals surface area contributed by atoms with Crippen LogP contribution in [0.3, 0.4) is 0 Å². The van der Waals surface area contributed by atoms with Crippen LogP contribution < -0.4 is 0 Å². The fourth-order valence-corrected chi connectivity index (χ4v) is 2.79. The number of thioether (sulfide) groups is 1. The van der Waals surface area contributed by atoms with Crippen LogP contribution in [0.1, 0.15) is 49.9 Å². The van der Waals surface area contributed by atoms with E-state index in [-0.39, 0.29) is 0 Å². The van der Waals surface area contributed by atoms with Crippen LogP contribution in [0.15, 0.2) is 5.03 Å². The normalized spacial score (nSPS) is 15.4. The Morgan fingerprint density at radius 2 is 2.12 bits per heavy atom. The second kappa shape index (κ2) is 5.37. The van der Waals surface area contributed by atoms with Crippen molar-refractivity contribution in [3.63, 3.8) is 0 Å². The van der Waals surface area contributed by atoms with Crippen LogP contribution in [0.4, 0.5) is 0 Å². The SMILES string of the molecule is CCCCSc1nc(C2CC2)nc(Cl)c1C. The summed E-state index contributed by atoms with van der Waals surface area (Å²) in [6.07, 6.45) is 4.89. The van der Waals surface area contributed by atoms with Gasteiger partial charge >= 0.3 is 0 Å². The summed E-state index contributed by atoms with van der Waals surface area (Å²) in [5.74, 6) is 2.65. The summed E-state index contributed by atoms with van der Waals surface area (Å²) in [5.41, 5.74) is 1.03. The molecular weight excluding hydrogens is 240 g/mol. The van der Waals surface area contributed by atoms with E-state index < -0.39 is 0 Å². The maximum Gasteiger partial charge on any atom is 0.136 e. The third-order valence-corrected chi connectivity index (χ3v) is 4.27. The van der Waals surface area contributed by atoms with E-state index in [1.54, 1.807) is 0 Å². The zero-order valence-electron chi connectivity index (χ0n) is 9.79. The third kappa shape index (κ3) is 2.89. The Balaban J connectivity index is 2.14. The van der Waals surface area contributed by atoms with Gasteiger partial charge in [-0.05, 0) is 31.9 Å². The van der Waals surface area contributed by atoms with Gasteiger partial charge in [0.05, 0.1) is 0 Å². The molecule has 1 saturated carbocycles. The lowest BCUT2D eigenvalue weighted by Crippen LogP contribution is -1.98. The number of rotatable bonds is 5. The van der Waals surface area contributed by atoms with Crippen molar-refractivity contribution in [2.24, 2.45) is 0 Å². The number of halogens is 1. The molecule has 1 aromatic rings. The van der Waals surface area contributed by atoms with Crippen molar-refractivity contribution in [3.05, 3.63) is 16.5 Å². The van der Waals surface area contributed by atoms with Crippen molar-refractivity contribution < 1.29 is 0 Å². The Morgan fingerprint density at radius 1 is 1.38 bits per heavy atom. The zero-order valence-corrected chi connectivity index (χ0v) is 11.4. The highest BCUT2D eigenvalue weighted by Crippen LogP contribution is 2.39. The van der Waals surface area contributed by atoms with E-state index in [0.29, 0.717) is 11.1 Å². The van der Waals surface area contributed by atoms with E-state index in [4.69, 9.17) is 11.6 Å². The first-order chi connectivity index (χ1) is 7.72. The van der Waals surface area contributed by atoms with Gasteiger partial charge in [0.15, 0.2) is 0 Å². The monoisotopic (exact) mass is 256 g/mol. The highest BCUT2D eigenvalue weighted by atomic mass is 35.5. The van der Waals surface area contributed by atoms with Crippen LogP contribution in [0.5, 0.6) is 0 Å². The molecule has 2 nitrogen and oxygen atoms in total. The van der Waals surface area contributed by atoms with Crippen molar-refractivity contribution in [1.29, 1.82) is 0 Å². The minimum Gasteiger partial charge on any atom is -0.226 e. The minimum absolute atomic E-state index is 0.573. The van der Waals surface area contributed by atoms with Gasteiger partial charge in [-0.15, -0.1) is 11.8 Å². The van der Waals surface area contributed by atoms with Crippen LogP contribution in [0, 0.1) is 6.92 Å². The van der Waals surface area contributed by atoms with Crippen molar-refractivity contribution >= 4 is 23.4 Å². The number of unbranched alkanes of at least 4 members (excludes halogenated alkanes) is 1. The Labute approximate surface area is 106 Å². The Bertz CT molecular complexity index is 378. The summed E-state index contributed by atoms with van der Waals surface area (Å²) >= 11 is 7.95. The predicted octanol–water partition coefficient (Wildman–Crippen LogP) is 4.21. The molecule has 4 heteroatoms. The van der Waals surface area contributed by atoms with E-state index in [1.165, 1.54) is 25.7 Å². The predicted molar refractivity (Wildman–Crippen MR) is 69.4 cm³/mol. The minimum atomic E-state index is 0.573. The summed E-state index contributed by atoms with van der Waals surface area (Å²) < 4.78 is 0. The average molecular weight is 257 g/mol. The Hall–Kier alpha value is -0.280. The number of nitrogens with zero attached hydrogens (tertiary/aromatic N) is 2. The molecule has 0 amide bonds. The molecule has 0 aliphatic heterocycles. The maximum atomic E-state index is 6.14. The first-order valence-corrected chi connectivity index (χ1v) is 7.25. The van der Waals surface area contributed by atoms with Crippen molar-refractivity contribution in [2.75, 3.05) is 5.75 Å². The van der Waals surface area contributed by atoms with Gasteiger partial charge in [-0.2, -0.15) is 0 Å². The van der Waals surface area contributed by atoms with Crippen LogP contribution >= 0.6 is 23.4 Å². The molecule has 0 saturated heterocycles. The van der Waals surface area contributed by atoms with Crippen molar-refractivity contribution in [1.82, 2.24) is 9.97 Å². The van der Waals surface area contributed by atoms with Gasteiger partial charge in [0.25, 0.3) is 0 Å². The lowest BCUT2D eigenvalue weighted by Gasteiger charge is -2.08. The van der Waals surface area contributed by atoms with E-state index in [9.17, 15) is 0 Å². The number of hydrogen-bond donors (Lipinski definition) is 0. The van der Waals surface area contributed by atoms with Crippen LogP contribution in [0.2, 0.25) is 5.15 Å². The lowest BCUT2D eigenvalue weighted by atomic mass is 10.3. The molecule has 0 atom stereocenters. The smallest absolute Gasteiger partial charge is 0.136 e. The van der Waals surface area contributed by atoms with Crippen LogP contribution in [0.25, 0.3) is 0 Å². The Morgan fingerprint density at radius 3 is 2.75 bits per heavy atom. The van der Waals surface area contributed by atoms with Crippen molar-refractivity contribution in [2.45, 2.75) is 50.5 Å². The quantitative estimate of drug-likeness (QED) is 0.448. The van der Waals surface area contributed by atoms with Crippen LogP contribution in [-0.2, 0) is 0 Å². The molecule has 0 N–H and O–H groups in total. The summed E-state index contributed by atoms with van der Waals surface area (Å²) in [4.78, 5) is 9.00. The van der Waals surface area contributed by atoms with E-state index in [2.05, 4.69) is 16.9 Å². The molecule has 88 valence electrons. The molecule has 1 aromatic heterocycles. The van der Waals surface area contributed by atoms with E-state index in [0.717, 1.165) is 22.2 Å². The molecule has 0 bridgehead atoms. The molecule has 0 radical (unpaired) electrons. The molecule has 2 rings (SSSR count). The van der Waals surface area contributed by atoms with Gasteiger partial charge in [-0.3, -0.25) is 0 Å². The standard InChI is InChI=1S/C12H17ClN2S/c1-3-4-7-16-12-8(2)10(13)14-11(15-12)9-5-6-9/h9H,3-7H2,1-2H3. The van der Waals surface area contributed by atoms with E-state index >= 15 is 0 Å². The molecule has 1 fully saturated rings. The highest BCUT2D eigenvalue weighted by molar-refractivity contribution is 7.99. The van der Waals surface area contributed by atoms with E-state index in [1.807, 2.05) is 18.7 Å². The van der Waals surface area contributed by atoms with Gasteiger partial charge in [0, 0.05) is 11.5 Å². The average Bonchev–Trinajstić information content (AvgIpc) is 3.08. The summed E-state index contributed by atoms with van der Waals surface area (Å²) in [5, 5.41) is 1.71. The molecule has 0 aromatic carbocycles. The van der Waals surface area contributed by atoms with Gasteiger partial charge in [-0.1, -0.05) is 24.9 Å². The molecule has 1 aliphatic rings. The highest BCUT2D eigenvalue weighted by Gasteiger charge is 2.27. The van der Waals surface area contributed by atoms with Gasteiger partial charge in [0.1, 0.15) is 16.0 Å². The third-order valence-electron chi connectivity index (χ3n) is 2.74.